The number of unbranched alkanes of at least 4 members (excludes halogenated alkanes) is 1. The Morgan fingerprint density at radius 3 is 2.39 bits per heavy atom. The number of carbonyl (C=O) groups excluding carboxylic acids is 2. The average Bonchev–Trinajstić information content (AvgIpc) is 2.60. The van der Waals surface area contributed by atoms with Gasteiger partial charge >= 0.3 is 11.9 Å². The first-order chi connectivity index (χ1) is 11.2. The number of hydrogen-bond acceptors (Lipinski definition) is 4. The van der Waals surface area contributed by atoms with E-state index in [-0.39, 0.29) is 17.0 Å². The highest BCUT2D eigenvalue weighted by Gasteiger charge is 2.19. The van der Waals surface area contributed by atoms with Crippen LogP contribution in [-0.2, 0) is 9.47 Å². The third kappa shape index (κ3) is 5.09. The van der Waals surface area contributed by atoms with Crippen molar-refractivity contribution < 1.29 is 19.1 Å². The van der Waals surface area contributed by atoms with Crippen LogP contribution in [0.5, 0.6) is 0 Å². The molecular weight excluding hydrogens is 292 g/mol. The SMILES string of the molecule is CCCCOC(=O)c1ccccc1C(=O)OCC1C=CC=CC1. The van der Waals surface area contributed by atoms with Crippen molar-refractivity contribution in [1.29, 1.82) is 0 Å². The molecule has 0 aliphatic heterocycles. The number of benzene rings is 1. The summed E-state index contributed by atoms with van der Waals surface area (Å²) < 4.78 is 10.5. The predicted molar refractivity (Wildman–Crippen MR) is 88.3 cm³/mol. The fourth-order valence-electron chi connectivity index (χ4n) is 2.24. The van der Waals surface area contributed by atoms with Crippen LogP contribution in [0.15, 0.2) is 48.6 Å². The van der Waals surface area contributed by atoms with Crippen LogP contribution in [0.2, 0.25) is 0 Å². The van der Waals surface area contributed by atoms with Crippen LogP contribution in [0.3, 0.4) is 0 Å². The molecule has 1 aliphatic carbocycles. The Labute approximate surface area is 136 Å². The molecule has 0 aromatic heterocycles. The second-order valence-electron chi connectivity index (χ2n) is 5.44. The van der Waals surface area contributed by atoms with E-state index >= 15 is 0 Å². The van der Waals surface area contributed by atoms with E-state index < -0.39 is 11.9 Å². The van der Waals surface area contributed by atoms with Crippen LogP contribution in [0, 0.1) is 5.92 Å². The summed E-state index contributed by atoms with van der Waals surface area (Å²) in [4.78, 5) is 24.4. The van der Waals surface area contributed by atoms with Crippen LogP contribution >= 0.6 is 0 Å². The minimum absolute atomic E-state index is 0.188. The topological polar surface area (TPSA) is 52.6 Å². The Morgan fingerprint density at radius 2 is 1.78 bits per heavy atom. The van der Waals surface area contributed by atoms with E-state index in [1.807, 2.05) is 31.2 Å². The summed E-state index contributed by atoms with van der Waals surface area (Å²) in [6.45, 7) is 2.69. The first-order valence-corrected chi connectivity index (χ1v) is 7.99. The molecule has 0 saturated carbocycles. The molecule has 0 saturated heterocycles. The summed E-state index contributed by atoms with van der Waals surface area (Å²) in [6, 6.07) is 6.61. The fourth-order valence-corrected chi connectivity index (χ4v) is 2.24. The minimum Gasteiger partial charge on any atom is -0.462 e. The molecule has 0 N–H and O–H groups in total. The molecule has 0 bridgehead atoms. The molecule has 4 nitrogen and oxygen atoms in total. The minimum atomic E-state index is -0.490. The normalized spacial score (nSPS) is 16.1. The van der Waals surface area contributed by atoms with Crippen molar-refractivity contribution in [3.8, 4) is 0 Å². The lowest BCUT2D eigenvalue weighted by molar-refractivity contribution is 0.0432. The average molecular weight is 314 g/mol. The van der Waals surface area contributed by atoms with Gasteiger partial charge < -0.3 is 9.47 Å². The van der Waals surface area contributed by atoms with Gasteiger partial charge in [-0.1, -0.05) is 49.8 Å². The van der Waals surface area contributed by atoms with Gasteiger partial charge in [0.15, 0.2) is 0 Å². The maximum Gasteiger partial charge on any atom is 0.339 e. The van der Waals surface area contributed by atoms with Crippen molar-refractivity contribution in [2.24, 2.45) is 5.92 Å². The summed E-state index contributed by atoms with van der Waals surface area (Å²) in [7, 11) is 0. The van der Waals surface area contributed by atoms with E-state index in [9.17, 15) is 9.59 Å². The van der Waals surface area contributed by atoms with Crippen LogP contribution in [0.25, 0.3) is 0 Å². The Hall–Kier alpha value is -2.36. The standard InChI is InChI=1S/C19H22O4/c1-2-3-13-22-18(20)16-11-7-8-12-17(16)19(21)23-14-15-9-5-4-6-10-15/h4-9,11-12,15H,2-3,10,13-14H2,1H3. The highest BCUT2D eigenvalue weighted by atomic mass is 16.5. The van der Waals surface area contributed by atoms with Crippen LogP contribution in [0.1, 0.15) is 46.9 Å². The van der Waals surface area contributed by atoms with E-state index in [1.165, 1.54) is 0 Å². The number of ether oxygens (including phenoxy) is 2. The first-order valence-electron chi connectivity index (χ1n) is 7.99. The number of carbonyl (C=O) groups is 2. The Bertz CT molecular complexity index is 601. The monoisotopic (exact) mass is 314 g/mol. The molecule has 2 rings (SSSR count). The molecule has 1 aliphatic rings. The van der Waals surface area contributed by atoms with Crippen molar-refractivity contribution in [1.82, 2.24) is 0 Å². The second kappa shape index (κ2) is 8.93. The van der Waals surface area contributed by atoms with Crippen molar-refractivity contribution in [2.45, 2.75) is 26.2 Å². The Morgan fingerprint density at radius 1 is 1.09 bits per heavy atom. The molecule has 0 radical (unpaired) electrons. The van der Waals surface area contributed by atoms with E-state index in [0.717, 1.165) is 19.3 Å². The van der Waals surface area contributed by atoms with Gasteiger partial charge in [-0.3, -0.25) is 0 Å². The van der Waals surface area contributed by atoms with Gasteiger partial charge in [-0.15, -0.1) is 0 Å². The lowest BCUT2D eigenvalue weighted by Crippen LogP contribution is -2.17. The molecule has 1 atom stereocenters. The first kappa shape index (κ1) is 17.0. The highest BCUT2D eigenvalue weighted by Crippen LogP contribution is 2.16. The molecule has 0 fully saturated rings. The molecule has 1 unspecified atom stereocenters. The van der Waals surface area contributed by atoms with E-state index in [0.29, 0.717) is 13.2 Å². The van der Waals surface area contributed by atoms with E-state index in [1.54, 1.807) is 24.3 Å². The Kier molecular flexibility index (Phi) is 6.60. The fraction of sp³-hybridized carbons (Fsp3) is 0.368. The van der Waals surface area contributed by atoms with Crippen molar-refractivity contribution in [2.75, 3.05) is 13.2 Å². The van der Waals surface area contributed by atoms with Gasteiger partial charge in [-0.05, 0) is 25.0 Å². The molecule has 1 aromatic rings. The molecule has 1 aromatic carbocycles. The molecule has 0 heterocycles. The molecular formula is C19H22O4. The maximum atomic E-state index is 12.3. The number of allylic oxidation sites excluding steroid dienone is 3. The molecule has 122 valence electrons. The summed E-state index contributed by atoms with van der Waals surface area (Å²) >= 11 is 0. The van der Waals surface area contributed by atoms with Crippen molar-refractivity contribution in [3.05, 3.63) is 59.7 Å². The summed E-state index contributed by atoms with van der Waals surface area (Å²) in [6.07, 6.45) is 10.6. The van der Waals surface area contributed by atoms with Gasteiger partial charge in [0, 0.05) is 5.92 Å². The highest BCUT2D eigenvalue weighted by molar-refractivity contribution is 6.03. The molecule has 4 heteroatoms. The van der Waals surface area contributed by atoms with Crippen LogP contribution in [0.4, 0.5) is 0 Å². The zero-order valence-corrected chi connectivity index (χ0v) is 13.4. The predicted octanol–water partition coefficient (Wildman–Crippen LogP) is 3.93. The zero-order chi connectivity index (χ0) is 16.5. The summed E-state index contributed by atoms with van der Waals surface area (Å²) in [5.41, 5.74) is 0.511. The third-order valence-corrected chi connectivity index (χ3v) is 3.60. The van der Waals surface area contributed by atoms with Gasteiger partial charge in [-0.25, -0.2) is 9.59 Å². The lowest BCUT2D eigenvalue weighted by atomic mass is 10.0. The number of hydrogen-bond donors (Lipinski definition) is 0. The second-order valence-corrected chi connectivity index (χ2v) is 5.44. The van der Waals surface area contributed by atoms with Crippen LogP contribution in [-0.4, -0.2) is 25.2 Å². The molecule has 0 spiro atoms. The molecule has 0 amide bonds. The summed E-state index contributed by atoms with van der Waals surface area (Å²) in [5, 5.41) is 0. The number of esters is 2. The lowest BCUT2D eigenvalue weighted by Gasteiger charge is -2.14. The zero-order valence-electron chi connectivity index (χ0n) is 13.4. The smallest absolute Gasteiger partial charge is 0.339 e. The van der Waals surface area contributed by atoms with E-state index in [2.05, 4.69) is 0 Å². The van der Waals surface area contributed by atoms with Crippen molar-refractivity contribution in [3.63, 3.8) is 0 Å². The van der Waals surface area contributed by atoms with E-state index in [4.69, 9.17) is 9.47 Å². The quantitative estimate of drug-likeness (QED) is 0.565. The maximum absolute atomic E-state index is 12.3. The van der Waals surface area contributed by atoms with Gasteiger partial charge in [0.2, 0.25) is 0 Å². The van der Waals surface area contributed by atoms with Gasteiger partial charge in [0.05, 0.1) is 24.3 Å². The summed E-state index contributed by atoms with van der Waals surface area (Å²) in [5.74, 6) is -0.782. The van der Waals surface area contributed by atoms with Crippen molar-refractivity contribution >= 4 is 11.9 Å². The van der Waals surface area contributed by atoms with Gasteiger partial charge in [0.1, 0.15) is 0 Å². The van der Waals surface area contributed by atoms with Gasteiger partial charge in [0.25, 0.3) is 0 Å². The molecule has 23 heavy (non-hydrogen) atoms. The number of rotatable bonds is 7. The largest absolute Gasteiger partial charge is 0.462 e. The Balaban J connectivity index is 1.97. The van der Waals surface area contributed by atoms with Gasteiger partial charge in [-0.2, -0.15) is 0 Å². The third-order valence-electron chi connectivity index (χ3n) is 3.60. The van der Waals surface area contributed by atoms with Crippen LogP contribution < -0.4 is 0 Å².